The minimum atomic E-state index is -0.722. The average Bonchev–Trinajstić information content (AvgIpc) is 3.17. The summed E-state index contributed by atoms with van der Waals surface area (Å²) in [7, 11) is 0. The molecule has 2 aliphatic heterocycles. The van der Waals surface area contributed by atoms with Gasteiger partial charge in [-0.1, -0.05) is 48.0 Å². The van der Waals surface area contributed by atoms with E-state index in [0.717, 1.165) is 5.56 Å². The SMILES string of the molecule is O=C(N[C@H]1C[C@H]2C(=O)N[C@@H](COCc3ccccc3)C(=O)N2C1)c1cccc(Cl)c1. The van der Waals surface area contributed by atoms with Crippen molar-refractivity contribution in [2.75, 3.05) is 13.2 Å². The monoisotopic (exact) mass is 427 g/mol. The molecule has 156 valence electrons. The Morgan fingerprint density at radius 2 is 1.97 bits per heavy atom. The van der Waals surface area contributed by atoms with E-state index >= 15 is 0 Å². The molecule has 0 aromatic heterocycles. The van der Waals surface area contributed by atoms with Crippen LogP contribution in [0.15, 0.2) is 54.6 Å². The third-order valence-electron chi connectivity index (χ3n) is 5.32. The first-order chi connectivity index (χ1) is 14.5. The van der Waals surface area contributed by atoms with Crippen LogP contribution in [-0.2, 0) is 20.9 Å². The number of carbonyl (C=O) groups excluding carboxylic acids is 3. The smallest absolute Gasteiger partial charge is 0.251 e. The Balaban J connectivity index is 1.34. The lowest BCUT2D eigenvalue weighted by molar-refractivity contribution is -0.148. The zero-order valence-electron chi connectivity index (χ0n) is 16.2. The molecule has 30 heavy (non-hydrogen) atoms. The van der Waals surface area contributed by atoms with Gasteiger partial charge in [-0.15, -0.1) is 0 Å². The van der Waals surface area contributed by atoms with Crippen molar-refractivity contribution in [3.05, 3.63) is 70.7 Å². The van der Waals surface area contributed by atoms with Crippen molar-refractivity contribution in [2.24, 2.45) is 0 Å². The molecule has 2 aromatic rings. The van der Waals surface area contributed by atoms with Crippen LogP contribution in [0.3, 0.4) is 0 Å². The topological polar surface area (TPSA) is 87.7 Å². The number of benzene rings is 2. The van der Waals surface area contributed by atoms with Gasteiger partial charge < -0.3 is 20.3 Å². The fourth-order valence-corrected chi connectivity index (χ4v) is 4.03. The van der Waals surface area contributed by atoms with Crippen LogP contribution in [0.1, 0.15) is 22.3 Å². The summed E-state index contributed by atoms with van der Waals surface area (Å²) < 4.78 is 5.64. The van der Waals surface area contributed by atoms with Crippen LogP contribution in [0.5, 0.6) is 0 Å². The molecule has 2 aliphatic rings. The molecule has 0 bridgehead atoms. The van der Waals surface area contributed by atoms with Crippen LogP contribution in [0, 0.1) is 0 Å². The van der Waals surface area contributed by atoms with Crippen LogP contribution in [0.25, 0.3) is 0 Å². The standard InChI is InChI=1S/C22H22ClN3O4/c23-16-8-4-7-15(9-16)20(27)24-17-10-19-21(28)25-18(22(29)26(19)11-17)13-30-12-14-5-2-1-3-6-14/h1-9,17-19H,10-13H2,(H,24,27)(H,25,28)/t17-,18-,19-/m0/s1. The number of halogens is 1. The van der Waals surface area contributed by atoms with E-state index in [9.17, 15) is 14.4 Å². The van der Waals surface area contributed by atoms with Gasteiger partial charge in [-0.3, -0.25) is 14.4 Å². The number of carbonyl (C=O) groups is 3. The van der Waals surface area contributed by atoms with Crippen molar-refractivity contribution >= 4 is 29.3 Å². The van der Waals surface area contributed by atoms with Gasteiger partial charge in [0, 0.05) is 23.2 Å². The summed E-state index contributed by atoms with van der Waals surface area (Å²) in [5.74, 6) is -0.687. The van der Waals surface area contributed by atoms with Gasteiger partial charge in [0.15, 0.2) is 0 Å². The largest absolute Gasteiger partial charge is 0.374 e. The van der Waals surface area contributed by atoms with Gasteiger partial charge in [0.1, 0.15) is 12.1 Å². The van der Waals surface area contributed by atoms with Gasteiger partial charge in [0.25, 0.3) is 5.91 Å². The van der Waals surface area contributed by atoms with Crippen LogP contribution >= 0.6 is 11.6 Å². The number of amides is 3. The van der Waals surface area contributed by atoms with Crippen molar-refractivity contribution in [1.82, 2.24) is 15.5 Å². The normalized spacial score (nSPS) is 23.1. The molecule has 2 aromatic carbocycles. The Morgan fingerprint density at radius 3 is 2.73 bits per heavy atom. The lowest BCUT2D eigenvalue weighted by Gasteiger charge is -2.34. The van der Waals surface area contributed by atoms with Crippen LogP contribution in [-0.4, -0.2) is 53.9 Å². The van der Waals surface area contributed by atoms with Gasteiger partial charge in [0.05, 0.1) is 13.2 Å². The molecule has 2 heterocycles. The highest BCUT2D eigenvalue weighted by Gasteiger charge is 2.46. The molecule has 2 fully saturated rings. The number of fused-ring (bicyclic) bond motifs is 1. The van der Waals surface area contributed by atoms with Crippen molar-refractivity contribution in [2.45, 2.75) is 31.2 Å². The van der Waals surface area contributed by atoms with E-state index in [1.165, 1.54) is 4.90 Å². The maximum atomic E-state index is 12.8. The molecule has 7 nitrogen and oxygen atoms in total. The second-order valence-corrected chi connectivity index (χ2v) is 7.92. The lowest BCUT2D eigenvalue weighted by Crippen LogP contribution is -2.62. The maximum Gasteiger partial charge on any atom is 0.251 e. The molecular weight excluding hydrogens is 406 g/mol. The predicted octanol–water partition coefficient (Wildman–Crippen LogP) is 1.75. The van der Waals surface area contributed by atoms with Gasteiger partial charge >= 0.3 is 0 Å². The van der Waals surface area contributed by atoms with Crippen molar-refractivity contribution in [3.63, 3.8) is 0 Å². The molecular formula is C22H22ClN3O4. The third kappa shape index (κ3) is 4.47. The van der Waals surface area contributed by atoms with Crippen molar-refractivity contribution in [1.29, 1.82) is 0 Å². The molecule has 0 aliphatic carbocycles. The molecule has 8 heteroatoms. The first-order valence-corrected chi connectivity index (χ1v) is 10.2. The van der Waals surface area contributed by atoms with Crippen LogP contribution in [0.2, 0.25) is 5.02 Å². The number of hydrogen-bond donors (Lipinski definition) is 2. The number of hydrogen-bond acceptors (Lipinski definition) is 4. The molecule has 4 rings (SSSR count). The second kappa shape index (κ2) is 8.85. The number of nitrogens with one attached hydrogen (secondary N) is 2. The van der Waals surface area contributed by atoms with E-state index < -0.39 is 12.1 Å². The fourth-order valence-electron chi connectivity index (χ4n) is 3.84. The average molecular weight is 428 g/mol. The summed E-state index contributed by atoms with van der Waals surface area (Å²) in [6.45, 7) is 0.753. The minimum Gasteiger partial charge on any atom is -0.374 e. The lowest BCUT2D eigenvalue weighted by atomic mass is 10.1. The van der Waals surface area contributed by atoms with Gasteiger partial charge in [-0.05, 0) is 30.2 Å². The molecule has 3 atom stereocenters. The molecule has 0 saturated carbocycles. The van der Waals surface area contributed by atoms with E-state index in [1.54, 1.807) is 24.3 Å². The number of piperazine rings is 1. The Morgan fingerprint density at radius 1 is 1.17 bits per heavy atom. The summed E-state index contributed by atoms with van der Waals surface area (Å²) in [4.78, 5) is 39.4. The maximum absolute atomic E-state index is 12.8. The van der Waals surface area contributed by atoms with E-state index in [4.69, 9.17) is 16.3 Å². The zero-order chi connectivity index (χ0) is 21.1. The highest BCUT2D eigenvalue weighted by molar-refractivity contribution is 6.30. The molecule has 0 spiro atoms. The first-order valence-electron chi connectivity index (χ1n) is 9.80. The van der Waals surface area contributed by atoms with Gasteiger partial charge in [0.2, 0.25) is 11.8 Å². The number of rotatable bonds is 6. The highest BCUT2D eigenvalue weighted by Crippen LogP contribution is 2.23. The summed E-state index contributed by atoms with van der Waals surface area (Å²) in [6.07, 6.45) is 0.376. The van der Waals surface area contributed by atoms with E-state index in [-0.39, 0.29) is 30.4 Å². The van der Waals surface area contributed by atoms with Crippen molar-refractivity contribution in [3.8, 4) is 0 Å². The summed E-state index contributed by atoms with van der Waals surface area (Å²) in [6, 6.07) is 14.7. The summed E-state index contributed by atoms with van der Waals surface area (Å²) in [5.41, 5.74) is 1.44. The Hall–Kier alpha value is -2.90. The minimum absolute atomic E-state index is 0.0994. The number of ether oxygens (including phenoxy) is 1. The first kappa shape index (κ1) is 20.4. The second-order valence-electron chi connectivity index (χ2n) is 7.48. The van der Waals surface area contributed by atoms with Gasteiger partial charge in [-0.2, -0.15) is 0 Å². The Labute approximate surface area is 179 Å². The third-order valence-corrected chi connectivity index (χ3v) is 5.55. The highest BCUT2D eigenvalue weighted by atomic mass is 35.5. The van der Waals surface area contributed by atoms with Crippen LogP contribution in [0.4, 0.5) is 0 Å². The summed E-state index contributed by atoms with van der Waals surface area (Å²) in [5, 5.41) is 6.12. The van der Waals surface area contributed by atoms with E-state index in [2.05, 4.69) is 10.6 Å². The molecule has 0 unspecified atom stereocenters. The Kier molecular flexibility index (Phi) is 6.01. The quantitative estimate of drug-likeness (QED) is 0.735. The van der Waals surface area contributed by atoms with E-state index in [1.807, 2.05) is 30.3 Å². The summed E-state index contributed by atoms with van der Waals surface area (Å²) >= 11 is 5.94. The number of nitrogens with zero attached hydrogens (tertiary/aromatic N) is 1. The van der Waals surface area contributed by atoms with E-state index in [0.29, 0.717) is 30.2 Å². The molecule has 2 N–H and O–H groups in total. The Bertz CT molecular complexity index is 952. The fraction of sp³-hybridized carbons (Fsp3) is 0.318. The van der Waals surface area contributed by atoms with Gasteiger partial charge in [-0.25, -0.2) is 0 Å². The molecule has 3 amide bonds. The molecule has 2 saturated heterocycles. The zero-order valence-corrected chi connectivity index (χ0v) is 17.0. The van der Waals surface area contributed by atoms with Crippen molar-refractivity contribution < 1.29 is 19.1 Å². The predicted molar refractivity (Wildman–Crippen MR) is 111 cm³/mol. The van der Waals surface area contributed by atoms with Crippen LogP contribution < -0.4 is 10.6 Å². The molecule has 0 radical (unpaired) electrons.